The number of aromatic nitrogens is 1. The largest absolute Gasteiger partial charge is 0.497 e. The summed E-state index contributed by atoms with van der Waals surface area (Å²) in [6.45, 7) is 2.03. The molecule has 1 N–H and O–H groups in total. The molecule has 0 aliphatic carbocycles. The van der Waals surface area contributed by atoms with Crippen LogP contribution in [0.1, 0.15) is 24.2 Å². The van der Waals surface area contributed by atoms with Gasteiger partial charge in [-0.2, -0.15) is 5.26 Å². The van der Waals surface area contributed by atoms with E-state index in [9.17, 15) is 0 Å². The standard InChI is InChI=1S/C16H17N3O2/c1-11(18-2)16-5-4-13(10-19-16)21-15-7-12(9-17)6-14(8-15)20-3/h4-8,10-11,18H,1-3H3. The van der Waals surface area contributed by atoms with E-state index >= 15 is 0 Å². The van der Waals surface area contributed by atoms with E-state index in [1.807, 2.05) is 26.1 Å². The van der Waals surface area contributed by atoms with Crippen LogP contribution in [0, 0.1) is 11.3 Å². The SMILES string of the molecule is CNC(C)c1ccc(Oc2cc(C#N)cc(OC)c2)cn1. The van der Waals surface area contributed by atoms with Crippen LogP contribution in [0.25, 0.3) is 0 Å². The van der Waals surface area contributed by atoms with Crippen molar-refractivity contribution >= 4 is 0 Å². The average Bonchev–Trinajstić information content (AvgIpc) is 2.54. The van der Waals surface area contributed by atoms with Crippen molar-refractivity contribution in [2.45, 2.75) is 13.0 Å². The minimum absolute atomic E-state index is 0.182. The summed E-state index contributed by atoms with van der Waals surface area (Å²) >= 11 is 0. The Morgan fingerprint density at radius 1 is 1.19 bits per heavy atom. The van der Waals surface area contributed by atoms with E-state index < -0.39 is 0 Å². The van der Waals surface area contributed by atoms with Crippen LogP contribution in [0.3, 0.4) is 0 Å². The van der Waals surface area contributed by atoms with Crippen molar-refractivity contribution in [3.8, 4) is 23.3 Å². The molecule has 2 aromatic rings. The van der Waals surface area contributed by atoms with Crippen LogP contribution in [0.2, 0.25) is 0 Å². The van der Waals surface area contributed by atoms with Gasteiger partial charge in [0.25, 0.3) is 0 Å². The Hall–Kier alpha value is -2.58. The topological polar surface area (TPSA) is 67.2 Å². The number of ether oxygens (including phenoxy) is 2. The van der Waals surface area contributed by atoms with Gasteiger partial charge in [0, 0.05) is 12.1 Å². The van der Waals surface area contributed by atoms with Crippen LogP contribution >= 0.6 is 0 Å². The van der Waals surface area contributed by atoms with Crippen LogP contribution < -0.4 is 14.8 Å². The van der Waals surface area contributed by atoms with Gasteiger partial charge in [-0.15, -0.1) is 0 Å². The highest BCUT2D eigenvalue weighted by molar-refractivity contribution is 5.45. The lowest BCUT2D eigenvalue weighted by atomic mass is 10.2. The van der Waals surface area contributed by atoms with Gasteiger partial charge in [-0.25, -0.2) is 0 Å². The van der Waals surface area contributed by atoms with Crippen LogP contribution in [-0.2, 0) is 0 Å². The zero-order valence-corrected chi connectivity index (χ0v) is 12.3. The molecule has 108 valence electrons. The first-order chi connectivity index (χ1) is 10.2. The lowest BCUT2D eigenvalue weighted by Crippen LogP contribution is -2.13. The van der Waals surface area contributed by atoms with Gasteiger partial charge in [-0.3, -0.25) is 4.98 Å². The number of methoxy groups -OCH3 is 1. The third kappa shape index (κ3) is 3.71. The molecule has 0 aliphatic heterocycles. The molecule has 0 aliphatic rings. The Morgan fingerprint density at radius 3 is 2.52 bits per heavy atom. The number of nitriles is 1. The molecule has 0 spiro atoms. The maximum atomic E-state index is 8.99. The van der Waals surface area contributed by atoms with Crippen molar-refractivity contribution in [3.05, 3.63) is 47.8 Å². The smallest absolute Gasteiger partial charge is 0.145 e. The van der Waals surface area contributed by atoms with E-state index in [-0.39, 0.29) is 6.04 Å². The maximum absolute atomic E-state index is 8.99. The molecule has 2 rings (SSSR count). The Bertz CT molecular complexity index is 648. The highest BCUT2D eigenvalue weighted by Gasteiger charge is 2.06. The molecule has 1 atom stereocenters. The van der Waals surface area contributed by atoms with Crippen LogP contribution in [0.15, 0.2) is 36.5 Å². The number of pyridine rings is 1. The first-order valence-electron chi connectivity index (χ1n) is 6.56. The predicted octanol–water partition coefficient (Wildman–Crippen LogP) is 3.03. The van der Waals surface area contributed by atoms with Gasteiger partial charge >= 0.3 is 0 Å². The van der Waals surface area contributed by atoms with Crippen LogP contribution in [0.5, 0.6) is 17.2 Å². The van der Waals surface area contributed by atoms with Crippen molar-refractivity contribution in [1.29, 1.82) is 5.26 Å². The van der Waals surface area contributed by atoms with Crippen LogP contribution in [-0.4, -0.2) is 19.1 Å². The molecule has 5 nitrogen and oxygen atoms in total. The first-order valence-corrected chi connectivity index (χ1v) is 6.56. The van der Waals surface area contributed by atoms with E-state index in [4.69, 9.17) is 14.7 Å². The van der Waals surface area contributed by atoms with Gasteiger partial charge < -0.3 is 14.8 Å². The molecule has 1 unspecified atom stereocenters. The Kier molecular flexibility index (Phi) is 4.75. The van der Waals surface area contributed by atoms with Gasteiger partial charge in [0.2, 0.25) is 0 Å². The summed E-state index contributed by atoms with van der Waals surface area (Å²) in [6, 6.07) is 11.1. The monoisotopic (exact) mass is 283 g/mol. The molecular weight excluding hydrogens is 266 g/mol. The summed E-state index contributed by atoms with van der Waals surface area (Å²) < 4.78 is 10.9. The average molecular weight is 283 g/mol. The minimum Gasteiger partial charge on any atom is -0.497 e. The number of nitrogens with one attached hydrogen (secondary N) is 1. The Morgan fingerprint density at radius 2 is 1.95 bits per heavy atom. The van der Waals surface area contributed by atoms with E-state index in [1.165, 1.54) is 0 Å². The molecule has 0 amide bonds. The summed E-state index contributed by atoms with van der Waals surface area (Å²) in [7, 11) is 3.44. The molecule has 0 bridgehead atoms. The number of hydrogen-bond acceptors (Lipinski definition) is 5. The van der Waals surface area contributed by atoms with Crippen molar-refractivity contribution in [1.82, 2.24) is 10.3 Å². The second-order valence-electron chi connectivity index (χ2n) is 4.54. The molecule has 0 radical (unpaired) electrons. The highest BCUT2D eigenvalue weighted by atomic mass is 16.5. The molecule has 1 heterocycles. The Labute approximate surface area is 124 Å². The molecule has 0 fully saturated rings. The van der Waals surface area contributed by atoms with Crippen molar-refractivity contribution in [2.75, 3.05) is 14.2 Å². The van der Waals surface area contributed by atoms with Crippen molar-refractivity contribution < 1.29 is 9.47 Å². The van der Waals surface area contributed by atoms with Crippen molar-refractivity contribution in [3.63, 3.8) is 0 Å². The molecule has 5 heteroatoms. The van der Waals surface area contributed by atoms with E-state index in [1.54, 1.807) is 31.5 Å². The van der Waals surface area contributed by atoms with E-state index in [0.717, 1.165) is 5.69 Å². The zero-order chi connectivity index (χ0) is 15.2. The summed E-state index contributed by atoms with van der Waals surface area (Å²) in [5.41, 5.74) is 1.42. The van der Waals surface area contributed by atoms with Gasteiger partial charge in [0.1, 0.15) is 17.2 Å². The predicted molar refractivity (Wildman–Crippen MR) is 79.5 cm³/mol. The fourth-order valence-electron chi connectivity index (χ4n) is 1.81. The van der Waals surface area contributed by atoms with Crippen LogP contribution in [0.4, 0.5) is 0 Å². The minimum atomic E-state index is 0.182. The summed E-state index contributed by atoms with van der Waals surface area (Å²) in [6.07, 6.45) is 1.66. The van der Waals surface area contributed by atoms with Gasteiger partial charge in [0.15, 0.2) is 0 Å². The van der Waals surface area contributed by atoms with Crippen molar-refractivity contribution in [2.24, 2.45) is 0 Å². The van der Waals surface area contributed by atoms with E-state index in [2.05, 4.69) is 16.4 Å². The number of rotatable bonds is 5. The second-order valence-corrected chi connectivity index (χ2v) is 4.54. The molecule has 0 saturated carbocycles. The molecule has 0 saturated heterocycles. The van der Waals surface area contributed by atoms with Gasteiger partial charge in [0.05, 0.1) is 30.6 Å². The van der Waals surface area contributed by atoms with Gasteiger partial charge in [-0.1, -0.05) is 0 Å². The summed E-state index contributed by atoms with van der Waals surface area (Å²) in [4.78, 5) is 4.35. The quantitative estimate of drug-likeness (QED) is 0.913. The third-order valence-electron chi connectivity index (χ3n) is 3.12. The number of hydrogen-bond donors (Lipinski definition) is 1. The first kappa shape index (κ1) is 14.8. The lowest BCUT2D eigenvalue weighted by Gasteiger charge is -2.11. The molecule has 21 heavy (non-hydrogen) atoms. The molecule has 1 aromatic carbocycles. The third-order valence-corrected chi connectivity index (χ3v) is 3.12. The molecule has 1 aromatic heterocycles. The maximum Gasteiger partial charge on any atom is 0.145 e. The normalized spacial score (nSPS) is 11.5. The summed E-state index contributed by atoms with van der Waals surface area (Å²) in [5.74, 6) is 1.73. The fraction of sp³-hybridized carbons (Fsp3) is 0.250. The second kappa shape index (κ2) is 6.73. The molecular formula is C16H17N3O2. The zero-order valence-electron chi connectivity index (χ0n) is 12.3. The van der Waals surface area contributed by atoms with Gasteiger partial charge in [-0.05, 0) is 38.2 Å². The Balaban J connectivity index is 2.20. The van der Waals surface area contributed by atoms with E-state index in [0.29, 0.717) is 22.8 Å². The fourth-order valence-corrected chi connectivity index (χ4v) is 1.81. The highest BCUT2D eigenvalue weighted by Crippen LogP contribution is 2.27. The summed E-state index contributed by atoms with van der Waals surface area (Å²) in [5, 5.41) is 12.1. The number of benzene rings is 1. The number of nitrogens with zero attached hydrogens (tertiary/aromatic N) is 2. The lowest BCUT2D eigenvalue weighted by molar-refractivity contribution is 0.408.